The van der Waals surface area contributed by atoms with Crippen LogP contribution in [0.4, 0.5) is 16.2 Å². The highest BCUT2D eigenvalue weighted by molar-refractivity contribution is 6.23. The maximum absolute atomic E-state index is 13.2. The van der Waals surface area contributed by atoms with Crippen molar-refractivity contribution in [2.45, 2.75) is 26.3 Å². The van der Waals surface area contributed by atoms with Crippen molar-refractivity contribution in [2.24, 2.45) is 0 Å². The molecule has 1 saturated heterocycles. The first-order valence-corrected chi connectivity index (χ1v) is 10.8. The molecule has 3 aromatic rings. The highest BCUT2D eigenvalue weighted by atomic mass is 16.5. The molecule has 0 atom stereocenters. The smallest absolute Gasteiger partial charge is 0.332 e. The van der Waals surface area contributed by atoms with Gasteiger partial charge in [0.25, 0.3) is 5.91 Å². The zero-order chi connectivity index (χ0) is 24.5. The van der Waals surface area contributed by atoms with E-state index in [1.807, 2.05) is 24.3 Å². The van der Waals surface area contributed by atoms with Crippen LogP contribution in [0.15, 0.2) is 67.0 Å². The predicted octanol–water partition coefficient (Wildman–Crippen LogP) is 4.36. The largest absolute Gasteiger partial charge is 0.492 e. The van der Waals surface area contributed by atoms with E-state index in [1.54, 1.807) is 63.5 Å². The fraction of sp³-hybridized carbons (Fsp3) is 0.231. The molecule has 1 aliphatic rings. The van der Waals surface area contributed by atoms with Gasteiger partial charge in [0.15, 0.2) is 5.69 Å². The lowest BCUT2D eigenvalue weighted by Crippen LogP contribution is -2.46. The maximum atomic E-state index is 13.2. The molecule has 1 aliphatic heterocycles. The van der Waals surface area contributed by atoms with Crippen molar-refractivity contribution in [1.82, 2.24) is 4.90 Å². The van der Waals surface area contributed by atoms with Gasteiger partial charge in [-0.05, 0) is 61.7 Å². The molecule has 0 radical (unpaired) electrons. The number of amides is 3. The van der Waals surface area contributed by atoms with Gasteiger partial charge in [-0.1, -0.05) is 18.2 Å². The van der Waals surface area contributed by atoms with Gasteiger partial charge >= 0.3 is 6.03 Å². The van der Waals surface area contributed by atoms with Crippen molar-refractivity contribution in [2.75, 3.05) is 18.1 Å². The minimum absolute atomic E-state index is 0.223. The van der Waals surface area contributed by atoms with E-state index in [4.69, 9.17) is 11.3 Å². The molecule has 3 amide bonds. The Morgan fingerprint density at radius 2 is 1.68 bits per heavy atom. The molecule has 4 rings (SSSR count). The van der Waals surface area contributed by atoms with Gasteiger partial charge in [0.05, 0.1) is 18.8 Å². The molecule has 34 heavy (non-hydrogen) atoms. The number of anilines is 1. The summed E-state index contributed by atoms with van der Waals surface area (Å²) in [5, 5.41) is 9.36. The number of rotatable bonds is 6. The Labute approximate surface area is 198 Å². The number of hydrogen-bond acceptors (Lipinski definition) is 4. The van der Waals surface area contributed by atoms with Crippen LogP contribution in [-0.2, 0) is 4.79 Å². The molecule has 2 heterocycles. The fourth-order valence-electron chi connectivity index (χ4n) is 3.95. The summed E-state index contributed by atoms with van der Waals surface area (Å²) in [4.78, 5) is 32.4. The molecule has 0 unspecified atom stereocenters. The van der Waals surface area contributed by atoms with Crippen molar-refractivity contribution in [3.63, 3.8) is 0 Å². The van der Waals surface area contributed by atoms with Crippen LogP contribution in [0.5, 0.6) is 5.75 Å². The Kier molecular flexibility index (Phi) is 5.95. The molecule has 0 saturated carbocycles. The zero-order valence-electron chi connectivity index (χ0n) is 19.2. The van der Waals surface area contributed by atoms with E-state index in [0.717, 1.165) is 15.9 Å². The Bertz CT molecular complexity index is 1280. The number of urea groups is 1. The van der Waals surface area contributed by atoms with Crippen LogP contribution >= 0.6 is 0 Å². The summed E-state index contributed by atoms with van der Waals surface area (Å²) < 4.78 is 6.83. The lowest BCUT2D eigenvalue weighted by molar-refractivity contribution is -0.904. The summed E-state index contributed by atoms with van der Waals surface area (Å²) in [6.45, 7) is 12.9. The summed E-state index contributed by atoms with van der Waals surface area (Å²) >= 11 is 0. The quantitative estimate of drug-likeness (QED) is 0.258. The number of aromatic nitrogens is 1. The Hall–Kier alpha value is -4.38. The highest BCUT2D eigenvalue weighted by Crippen LogP contribution is 2.34. The average Bonchev–Trinajstić information content (AvgIpc) is 2.99. The van der Waals surface area contributed by atoms with Crippen LogP contribution in [0.1, 0.15) is 19.4 Å². The monoisotopic (exact) mass is 457 g/mol. The molecule has 2 aromatic carbocycles. The van der Waals surface area contributed by atoms with E-state index in [1.165, 1.54) is 9.80 Å². The molecule has 1 fully saturated rings. The SMILES string of the molecule is [C-]#[N+]c1ccc(N2C(=O)N(CCOc3ccc(-c4cc[n+](O)cc4)cc3)C(C)(C)C2=O)cc1C. The summed E-state index contributed by atoms with van der Waals surface area (Å²) in [7, 11) is 0. The lowest BCUT2D eigenvalue weighted by Gasteiger charge is -2.27. The summed E-state index contributed by atoms with van der Waals surface area (Å²) in [6.07, 6.45) is 3.11. The zero-order valence-corrected chi connectivity index (χ0v) is 19.2. The molecule has 0 bridgehead atoms. The topological polar surface area (TPSA) is 78.3 Å². The van der Waals surface area contributed by atoms with Crippen LogP contribution in [0.3, 0.4) is 0 Å². The number of hydrogen-bond donors (Lipinski definition) is 1. The van der Waals surface area contributed by atoms with E-state index in [2.05, 4.69) is 4.85 Å². The van der Waals surface area contributed by atoms with E-state index < -0.39 is 11.6 Å². The first-order chi connectivity index (χ1) is 16.2. The average molecular weight is 458 g/mol. The molecule has 1 N–H and O–H groups in total. The second kappa shape index (κ2) is 8.87. The van der Waals surface area contributed by atoms with Gasteiger partial charge < -0.3 is 9.64 Å². The Morgan fingerprint density at radius 1 is 1.03 bits per heavy atom. The maximum Gasteiger partial charge on any atom is 0.332 e. The summed E-state index contributed by atoms with van der Waals surface area (Å²) in [5.41, 5.74) is 2.57. The van der Waals surface area contributed by atoms with E-state index >= 15 is 0 Å². The van der Waals surface area contributed by atoms with Gasteiger partial charge in [0, 0.05) is 16.9 Å². The van der Waals surface area contributed by atoms with Crippen molar-refractivity contribution >= 4 is 23.3 Å². The number of pyridine rings is 1. The molecular weight excluding hydrogens is 432 g/mol. The van der Waals surface area contributed by atoms with E-state index in [9.17, 15) is 14.8 Å². The van der Waals surface area contributed by atoms with Gasteiger partial charge in [0.2, 0.25) is 12.4 Å². The third kappa shape index (κ3) is 4.16. The standard InChI is InChI=1S/C26H25N4O4/c1-18-17-21(7-10-23(18)27-4)30-24(31)26(2,3)29(25(30)32)15-16-34-22-8-5-19(6-9-22)20-11-13-28(33)14-12-20/h5-14,17,33H,15-16H2,1-3H3/q+1. The number of carbonyl (C=O) groups excluding carboxylic acids is 2. The first kappa shape index (κ1) is 22.8. The van der Waals surface area contributed by atoms with Gasteiger partial charge in [-0.25, -0.2) is 14.5 Å². The van der Waals surface area contributed by atoms with E-state index in [0.29, 0.717) is 22.7 Å². The number of ether oxygens (including phenoxy) is 1. The van der Waals surface area contributed by atoms with Gasteiger partial charge in [-0.15, -0.1) is 0 Å². The fourth-order valence-corrected chi connectivity index (χ4v) is 3.95. The summed E-state index contributed by atoms with van der Waals surface area (Å²) in [6, 6.07) is 15.6. The Morgan fingerprint density at radius 3 is 2.29 bits per heavy atom. The van der Waals surface area contributed by atoms with Gasteiger partial charge in [-0.3, -0.25) is 10.0 Å². The first-order valence-electron chi connectivity index (χ1n) is 10.8. The van der Waals surface area contributed by atoms with Crippen LogP contribution in [0.2, 0.25) is 0 Å². The second-order valence-corrected chi connectivity index (χ2v) is 8.56. The molecule has 0 aliphatic carbocycles. The van der Waals surface area contributed by atoms with E-state index in [-0.39, 0.29) is 19.1 Å². The van der Waals surface area contributed by atoms with Crippen LogP contribution < -0.4 is 14.4 Å². The number of nitrogens with zero attached hydrogens (tertiary/aromatic N) is 4. The van der Waals surface area contributed by atoms with Crippen molar-refractivity contribution < 1.29 is 24.3 Å². The molecular formula is C26H25N4O4+. The molecule has 0 spiro atoms. The predicted molar refractivity (Wildman–Crippen MR) is 126 cm³/mol. The second-order valence-electron chi connectivity index (χ2n) is 8.56. The van der Waals surface area contributed by atoms with Crippen molar-refractivity contribution in [3.8, 4) is 16.9 Å². The molecule has 172 valence electrons. The molecule has 8 nitrogen and oxygen atoms in total. The number of carbonyl (C=O) groups is 2. The minimum Gasteiger partial charge on any atom is -0.492 e. The summed E-state index contributed by atoms with van der Waals surface area (Å²) in [5.74, 6) is 0.332. The molecule has 1 aromatic heterocycles. The normalized spacial score (nSPS) is 14.9. The van der Waals surface area contributed by atoms with Gasteiger partial charge in [0.1, 0.15) is 17.9 Å². The Balaban J connectivity index is 1.43. The third-order valence-corrected chi connectivity index (χ3v) is 5.97. The lowest BCUT2D eigenvalue weighted by atomic mass is 10.0. The highest BCUT2D eigenvalue weighted by Gasteiger charge is 2.51. The molecule has 8 heteroatoms. The number of benzene rings is 2. The van der Waals surface area contributed by atoms with Crippen molar-refractivity contribution in [3.05, 3.63) is 84.0 Å². The number of aryl methyl sites for hydroxylation is 1. The number of imide groups is 1. The van der Waals surface area contributed by atoms with Gasteiger partial charge in [-0.2, -0.15) is 0 Å². The van der Waals surface area contributed by atoms with Crippen molar-refractivity contribution in [1.29, 1.82) is 0 Å². The van der Waals surface area contributed by atoms with Crippen LogP contribution in [-0.4, -0.2) is 40.7 Å². The third-order valence-electron chi connectivity index (χ3n) is 5.97. The minimum atomic E-state index is -1.02. The van der Waals surface area contributed by atoms with Crippen LogP contribution in [0.25, 0.3) is 16.0 Å². The van der Waals surface area contributed by atoms with Crippen LogP contribution in [0, 0.1) is 13.5 Å².